The molecule has 9 aliphatic rings. The Balaban J connectivity index is 1.02. The Labute approximate surface area is 272 Å². The van der Waals surface area contributed by atoms with Crippen LogP contribution in [0.5, 0.6) is 0 Å². The largest absolute Gasteiger partial charge is 0.392 e. The summed E-state index contributed by atoms with van der Waals surface area (Å²) in [5.74, 6) is 0.253. The molecule has 0 aromatic carbocycles. The second-order valence-corrected chi connectivity index (χ2v) is 18.1. The highest BCUT2D eigenvalue weighted by molar-refractivity contribution is 5.47. The molecule has 10 heteroatoms. The van der Waals surface area contributed by atoms with E-state index in [-0.39, 0.29) is 57.9 Å². The second-order valence-electron chi connectivity index (χ2n) is 18.1. The number of rotatable bonds is 3. The van der Waals surface area contributed by atoms with Crippen molar-refractivity contribution in [2.24, 2.45) is 44.8 Å². The lowest BCUT2D eigenvalue weighted by atomic mass is 9.44. The minimum atomic E-state index is -1.35. The summed E-state index contributed by atoms with van der Waals surface area (Å²) < 4.78 is 37.6. The molecule has 0 bridgehead atoms. The molecule has 4 saturated heterocycles. The molecule has 4 saturated carbocycles. The van der Waals surface area contributed by atoms with E-state index >= 15 is 0 Å². The number of epoxide rings is 1. The van der Waals surface area contributed by atoms with E-state index < -0.39 is 48.4 Å². The van der Waals surface area contributed by atoms with E-state index in [9.17, 15) is 20.4 Å². The van der Waals surface area contributed by atoms with Gasteiger partial charge in [0.15, 0.2) is 12.6 Å². The first-order valence-corrected chi connectivity index (χ1v) is 17.8. The fourth-order valence-corrected chi connectivity index (χ4v) is 13.7. The van der Waals surface area contributed by atoms with Crippen LogP contribution in [0.25, 0.3) is 0 Å². The first-order valence-electron chi connectivity index (χ1n) is 17.8. The molecule has 258 valence electrons. The highest BCUT2D eigenvalue weighted by Gasteiger charge is 2.85. The Bertz CT molecular complexity index is 1350. The van der Waals surface area contributed by atoms with Crippen molar-refractivity contribution in [3.63, 3.8) is 0 Å². The monoisotopic (exact) mass is 646 g/mol. The summed E-state index contributed by atoms with van der Waals surface area (Å²) in [7, 11) is 1.68. The molecule has 0 aromatic rings. The molecule has 18 atom stereocenters. The van der Waals surface area contributed by atoms with Crippen LogP contribution in [0.2, 0.25) is 0 Å². The maximum absolute atomic E-state index is 12.1. The lowest BCUT2D eigenvalue weighted by molar-refractivity contribution is -0.348. The van der Waals surface area contributed by atoms with E-state index in [1.807, 2.05) is 0 Å². The Hall–Kier alpha value is -0.660. The SMILES string of the molecule is CO[C@H]1O[C@]2(C[C@@H](C)[C@H]3[C@H](C[C@@]4(C)C5=CCC6C(C)(C)[C@@H](O[C@@H]7OC[C@@H](O)[C@H](O)[C@H]7O)C[C@H](O)[C@@]67C[C@@]57CC[C@]34C)O2)[C@@H]2O[C@]12C. The third kappa shape index (κ3) is 3.39. The number of ether oxygens (including phenoxy) is 6. The van der Waals surface area contributed by atoms with Crippen LogP contribution in [0.4, 0.5) is 0 Å². The maximum Gasteiger partial charge on any atom is 0.201 e. The van der Waals surface area contributed by atoms with Crippen LogP contribution in [0, 0.1) is 44.8 Å². The molecule has 46 heavy (non-hydrogen) atoms. The van der Waals surface area contributed by atoms with Gasteiger partial charge in [-0.15, -0.1) is 0 Å². The van der Waals surface area contributed by atoms with Gasteiger partial charge in [-0.3, -0.25) is 0 Å². The lowest BCUT2D eigenvalue weighted by Gasteiger charge is -2.61. The number of methoxy groups -OCH3 is 1. The molecule has 4 heterocycles. The van der Waals surface area contributed by atoms with Crippen LogP contribution >= 0.6 is 0 Å². The molecule has 4 N–H and O–H groups in total. The number of hydrogen-bond acceptors (Lipinski definition) is 10. The fourth-order valence-electron chi connectivity index (χ4n) is 13.7. The van der Waals surface area contributed by atoms with E-state index in [1.165, 1.54) is 0 Å². The zero-order valence-corrected chi connectivity index (χ0v) is 28.4. The Morgan fingerprint density at radius 3 is 2.41 bits per heavy atom. The van der Waals surface area contributed by atoms with Crippen molar-refractivity contribution in [2.45, 2.75) is 153 Å². The van der Waals surface area contributed by atoms with E-state index in [0.29, 0.717) is 18.3 Å². The van der Waals surface area contributed by atoms with Crippen LogP contribution in [0.1, 0.15) is 86.5 Å². The molecule has 10 nitrogen and oxygen atoms in total. The van der Waals surface area contributed by atoms with Crippen molar-refractivity contribution in [3.05, 3.63) is 11.6 Å². The molecule has 5 aliphatic carbocycles. The molecule has 9 rings (SSSR count). The van der Waals surface area contributed by atoms with Gasteiger partial charge in [0.1, 0.15) is 30.0 Å². The molecular weight excluding hydrogens is 592 g/mol. The molecule has 0 amide bonds. The summed E-state index contributed by atoms with van der Waals surface area (Å²) in [5, 5.41) is 43.0. The zero-order chi connectivity index (χ0) is 32.6. The normalized spacial score (nSPS) is 63.9. The quantitative estimate of drug-likeness (QED) is 0.267. The summed E-state index contributed by atoms with van der Waals surface area (Å²) >= 11 is 0. The third-order valence-electron chi connectivity index (χ3n) is 16.0. The topological polar surface area (TPSA) is 140 Å². The minimum absolute atomic E-state index is 0.0371. The van der Waals surface area contributed by atoms with Gasteiger partial charge in [-0.1, -0.05) is 46.3 Å². The van der Waals surface area contributed by atoms with Gasteiger partial charge in [0.05, 0.1) is 24.9 Å². The van der Waals surface area contributed by atoms with Gasteiger partial charge in [0, 0.05) is 30.8 Å². The number of fused-ring (bicyclic) bond motifs is 6. The molecule has 3 spiro atoms. The van der Waals surface area contributed by atoms with Crippen molar-refractivity contribution >= 4 is 0 Å². The maximum atomic E-state index is 12.1. The predicted molar refractivity (Wildman–Crippen MR) is 163 cm³/mol. The molecule has 1 unspecified atom stereocenters. The van der Waals surface area contributed by atoms with E-state index in [2.05, 4.69) is 47.6 Å². The first kappa shape index (κ1) is 31.3. The summed E-state index contributed by atoms with van der Waals surface area (Å²) in [5.41, 5.74) is 0.563. The van der Waals surface area contributed by atoms with Crippen LogP contribution in [-0.2, 0) is 28.4 Å². The van der Waals surface area contributed by atoms with Crippen LogP contribution in [0.15, 0.2) is 11.6 Å². The summed E-state index contributed by atoms with van der Waals surface area (Å²) in [6.07, 6.45) is 2.53. The van der Waals surface area contributed by atoms with Crippen molar-refractivity contribution in [1.82, 2.24) is 0 Å². The highest BCUT2D eigenvalue weighted by Crippen LogP contribution is 2.88. The highest BCUT2D eigenvalue weighted by atomic mass is 16.8. The Morgan fingerprint density at radius 2 is 1.70 bits per heavy atom. The summed E-state index contributed by atoms with van der Waals surface area (Å²) in [6, 6.07) is 0. The fraction of sp³-hybridized carbons (Fsp3) is 0.944. The number of hydrogen-bond donors (Lipinski definition) is 4. The van der Waals surface area contributed by atoms with Gasteiger partial charge in [-0.25, -0.2) is 0 Å². The van der Waals surface area contributed by atoms with Crippen LogP contribution < -0.4 is 0 Å². The molecular formula is C36H54O10. The smallest absolute Gasteiger partial charge is 0.201 e. The number of aliphatic hydroxyl groups excluding tert-OH is 4. The van der Waals surface area contributed by atoms with Crippen LogP contribution in [0.3, 0.4) is 0 Å². The average molecular weight is 647 g/mol. The predicted octanol–water partition coefficient (Wildman–Crippen LogP) is 3.03. The van der Waals surface area contributed by atoms with E-state index in [1.54, 1.807) is 12.7 Å². The molecule has 4 aliphatic heterocycles. The standard InChI is InChI=1S/C36H54O10/c1-17-13-36(28-33(6,45-28)29(41-7)46-36)44-19-14-32(5)21-9-8-20-30(2,3)23(43-27-26(40)25(39)18(37)15-42-27)12-22(38)35(20)16-34(21,35)11-10-31(32,4)24(17)19/h9,17-20,22-29,37-40H,8,10-16H2,1-7H3/t17-,18-,19+,20?,22+,23+,24+,25+,26-,27+,28-,29+,31-,32+,33+,34+,35-,36-/m1/s1. The van der Waals surface area contributed by atoms with Gasteiger partial charge in [-0.05, 0) is 73.0 Å². The zero-order valence-electron chi connectivity index (χ0n) is 28.4. The Morgan fingerprint density at radius 1 is 0.935 bits per heavy atom. The van der Waals surface area contributed by atoms with Crippen molar-refractivity contribution in [2.75, 3.05) is 13.7 Å². The van der Waals surface area contributed by atoms with Crippen molar-refractivity contribution < 1.29 is 48.8 Å². The third-order valence-corrected chi connectivity index (χ3v) is 16.0. The lowest BCUT2D eigenvalue weighted by Crippen LogP contribution is -2.61. The number of allylic oxidation sites excluding steroid dienone is 2. The summed E-state index contributed by atoms with van der Waals surface area (Å²) in [4.78, 5) is 0. The minimum Gasteiger partial charge on any atom is -0.392 e. The van der Waals surface area contributed by atoms with Crippen molar-refractivity contribution in [3.8, 4) is 0 Å². The van der Waals surface area contributed by atoms with Gasteiger partial charge in [0.25, 0.3) is 0 Å². The van der Waals surface area contributed by atoms with Gasteiger partial charge >= 0.3 is 0 Å². The Kier molecular flexibility index (Phi) is 6.24. The molecule has 8 fully saturated rings. The average Bonchev–Trinajstić information content (AvgIpc) is 3.85. The summed E-state index contributed by atoms with van der Waals surface area (Å²) in [6.45, 7) is 13.8. The number of aliphatic hydroxyl groups is 4. The van der Waals surface area contributed by atoms with Gasteiger partial charge in [0.2, 0.25) is 5.79 Å². The van der Waals surface area contributed by atoms with E-state index in [0.717, 1.165) is 38.5 Å². The molecule has 0 radical (unpaired) electrons. The second kappa shape index (κ2) is 9.16. The van der Waals surface area contributed by atoms with Gasteiger partial charge < -0.3 is 48.8 Å². The van der Waals surface area contributed by atoms with Gasteiger partial charge in [-0.2, -0.15) is 0 Å². The van der Waals surface area contributed by atoms with E-state index in [4.69, 9.17) is 28.4 Å². The first-order chi connectivity index (χ1) is 21.5. The molecule has 0 aromatic heterocycles. The van der Waals surface area contributed by atoms with Crippen molar-refractivity contribution in [1.29, 1.82) is 0 Å². The van der Waals surface area contributed by atoms with Crippen LogP contribution in [-0.4, -0.2) is 101 Å².